The Morgan fingerprint density at radius 3 is 2.63 bits per heavy atom. The van der Waals surface area contributed by atoms with Gasteiger partial charge in [-0.05, 0) is 38.1 Å². The third-order valence-corrected chi connectivity index (χ3v) is 2.59. The van der Waals surface area contributed by atoms with Crippen LogP contribution >= 0.6 is 0 Å². The second-order valence-corrected chi connectivity index (χ2v) is 4.22. The highest BCUT2D eigenvalue weighted by Gasteiger charge is 2.12. The Morgan fingerprint density at radius 1 is 1.42 bits per heavy atom. The van der Waals surface area contributed by atoms with Crippen molar-refractivity contribution < 1.29 is 14.3 Å². The maximum Gasteiger partial charge on any atom is 0.254 e. The number of aromatic nitrogens is 2. The van der Waals surface area contributed by atoms with Crippen LogP contribution in [0.5, 0.6) is 0 Å². The van der Waals surface area contributed by atoms with E-state index in [4.69, 9.17) is 5.11 Å². The fourth-order valence-electron chi connectivity index (χ4n) is 1.61. The van der Waals surface area contributed by atoms with Gasteiger partial charge in [-0.3, -0.25) is 4.79 Å². The molecule has 1 amide bonds. The zero-order chi connectivity index (χ0) is 14.0. The van der Waals surface area contributed by atoms with Gasteiger partial charge in [0.05, 0.1) is 5.69 Å². The van der Waals surface area contributed by atoms with Gasteiger partial charge >= 0.3 is 0 Å². The highest BCUT2D eigenvalue weighted by Crippen LogP contribution is 2.15. The van der Waals surface area contributed by atoms with Crippen molar-refractivity contribution in [2.75, 3.05) is 5.32 Å². The van der Waals surface area contributed by atoms with Crippen LogP contribution < -0.4 is 5.32 Å². The highest BCUT2D eigenvalue weighted by molar-refractivity contribution is 5.92. The van der Waals surface area contributed by atoms with Gasteiger partial charge in [-0.2, -0.15) is 0 Å². The summed E-state index contributed by atoms with van der Waals surface area (Å²) >= 11 is 0. The van der Waals surface area contributed by atoms with Crippen molar-refractivity contribution >= 4 is 11.7 Å². The standard InChI is InChI=1S/C13H14FN3O2/c1-8-7-12(15-13(19)9(2)18)16-17(8)11-5-3-10(14)4-6-11/h3-7,9,18H,1-2H3,(H,15,16,19). The summed E-state index contributed by atoms with van der Waals surface area (Å²) in [5.41, 5.74) is 1.48. The smallest absolute Gasteiger partial charge is 0.254 e. The van der Waals surface area contributed by atoms with Crippen LogP contribution in [0.15, 0.2) is 30.3 Å². The molecule has 19 heavy (non-hydrogen) atoms. The molecule has 2 rings (SSSR count). The fraction of sp³-hybridized carbons (Fsp3) is 0.231. The molecule has 0 fully saturated rings. The summed E-state index contributed by atoms with van der Waals surface area (Å²) < 4.78 is 14.4. The predicted molar refractivity (Wildman–Crippen MR) is 68.6 cm³/mol. The van der Waals surface area contributed by atoms with Gasteiger partial charge in [0.15, 0.2) is 5.82 Å². The SMILES string of the molecule is Cc1cc(NC(=O)C(C)O)nn1-c1ccc(F)cc1. The van der Waals surface area contributed by atoms with Gasteiger partial charge in [0.25, 0.3) is 5.91 Å². The normalized spacial score (nSPS) is 12.2. The maximum absolute atomic E-state index is 12.9. The number of anilines is 1. The third-order valence-electron chi connectivity index (χ3n) is 2.59. The molecule has 0 aliphatic rings. The minimum atomic E-state index is -1.10. The summed E-state index contributed by atoms with van der Waals surface area (Å²) in [4.78, 5) is 11.4. The number of halogens is 1. The third kappa shape index (κ3) is 2.97. The highest BCUT2D eigenvalue weighted by atomic mass is 19.1. The summed E-state index contributed by atoms with van der Waals surface area (Å²) in [6.07, 6.45) is -1.10. The van der Waals surface area contributed by atoms with Crippen molar-refractivity contribution in [2.45, 2.75) is 20.0 Å². The molecule has 0 aliphatic heterocycles. The monoisotopic (exact) mass is 263 g/mol. The van der Waals surface area contributed by atoms with E-state index in [1.807, 2.05) is 6.92 Å². The first-order valence-electron chi connectivity index (χ1n) is 5.79. The van der Waals surface area contributed by atoms with Gasteiger partial charge in [0.1, 0.15) is 11.9 Å². The Labute approximate surface area is 109 Å². The van der Waals surface area contributed by atoms with E-state index in [-0.39, 0.29) is 5.82 Å². The molecule has 100 valence electrons. The van der Waals surface area contributed by atoms with Gasteiger partial charge in [-0.25, -0.2) is 9.07 Å². The number of hydrogen-bond acceptors (Lipinski definition) is 3. The maximum atomic E-state index is 12.9. The van der Waals surface area contributed by atoms with E-state index in [0.717, 1.165) is 5.69 Å². The zero-order valence-electron chi connectivity index (χ0n) is 10.6. The molecule has 6 heteroatoms. The molecule has 1 unspecified atom stereocenters. The topological polar surface area (TPSA) is 67.2 Å². The van der Waals surface area contributed by atoms with E-state index in [1.165, 1.54) is 19.1 Å². The molecule has 0 bridgehead atoms. The lowest BCUT2D eigenvalue weighted by Crippen LogP contribution is -2.24. The van der Waals surface area contributed by atoms with Crippen LogP contribution in [0.25, 0.3) is 5.69 Å². The Morgan fingerprint density at radius 2 is 2.05 bits per heavy atom. The zero-order valence-corrected chi connectivity index (χ0v) is 10.6. The molecule has 1 heterocycles. The molecule has 0 saturated heterocycles. The molecule has 2 aromatic rings. The molecule has 1 aromatic carbocycles. The number of carbonyl (C=O) groups excluding carboxylic acids is 1. The second kappa shape index (κ2) is 5.19. The Balaban J connectivity index is 2.26. The van der Waals surface area contributed by atoms with Crippen LogP contribution in [-0.2, 0) is 4.79 Å². The first kappa shape index (κ1) is 13.2. The van der Waals surface area contributed by atoms with E-state index in [1.54, 1.807) is 22.9 Å². The predicted octanol–water partition coefficient (Wildman–Crippen LogP) is 1.64. The van der Waals surface area contributed by atoms with Crippen molar-refractivity contribution in [1.82, 2.24) is 9.78 Å². The minimum absolute atomic E-state index is 0.323. The number of hydrogen-bond donors (Lipinski definition) is 2. The van der Waals surface area contributed by atoms with Gasteiger partial charge in [-0.1, -0.05) is 0 Å². The Bertz CT molecular complexity index is 590. The van der Waals surface area contributed by atoms with Crippen LogP contribution in [-0.4, -0.2) is 26.9 Å². The Kier molecular flexibility index (Phi) is 3.62. The lowest BCUT2D eigenvalue weighted by atomic mass is 10.3. The van der Waals surface area contributed by atoms with Gasteiger partial charge in [-0.15, -0.1) is 5.10 Å². The summed E-state index contributed by atoms with van der Waals surface area (Å²) in [6.45, 7) is 3.19. The van der Waals surface area contributed by atoms with Crippen LogP contribution in [0.4, 0.5) is 10.2 Å². The number of nitrogens with zero attached hydrogens (tertiary/aromatic N) is 2. The van der Waals surface area contributed by atoms with E-state index in [0.29, 0.717) is 11.5 Å². The number of carbonyl (C=O) groups is 1. The van der Waals surface area contributed by atoms with Crippen LogP contribution in [0.3, 0.4) is 0 Å². The van der Waals surface area contributed by atoms with Gasteiger partial charge in [0, 0.05) is 11.8 Å². The number of aliphatic hydroxyl groups excluding tert-OH is 1. The molecule has 1 aromatic heterocycles. The van der Waals surface area contributed by atoms with Crippen LogP contribution in [0.2, 0.25) is 0 Å². The number of nitrogens with one attached hydrogen (secondary N) is 1. The van der Waals surface area contributed by atoms with E-state index >= 15 is 0 Å². The number of aryl methyl sites for hydroxylation is 1. The van der Waals surface area contributed by atoms with Crippen molar-refractivity contribution in [3.05, 3.63) is 41.8 Å². The first-order chi connectivity index (χ1) is 8.97. The molecular formula is C13H14FN3O2. The molecule has 1 atom stereocenters. The van der Waals surface area contributed by atoms with Crippen LogP contribution in [0, 0.1) is 12.7 Å². The Hall–Kier alpha value is -2.21. The van der Waals surface area contributed by atoms with Gasteiger partial charge in [0.2, 0.25) is 0 Å². The minimum Gasteiger partial charge on any atom is -0.384 e. The summed E-state index contributed by atoms with van der Waals surface area (Å²) in [5, 5.41) is 15.8. The van der Waals surface area contributed by atoms with E-state index < -0.39 is 12.0 Å². The molecular weight excluding hydrogens is 249 g/mol. The molecule has 0 saturated carbocycles. The molecule has 0 radical (unpaired) electrons. The summed E-state index contributed by atoms with van der Waals surface area (Å²) in [6, 6.07) is 7.53. The lowest BCUT2D eigenvalue weighted by molar-refractivity contribution is -0.123. The summed E-state index contributed by atoms with van der Waals surface area (Å²) in [5.74, 6) is -0.507. The van der Waals surface area contributed by atoms with Crippen molar-refractivity contribution in [3.63, 3.8) is 0 Å². The molecule has 5 nitrogen and oxygen atoms in total. The number of rotatable bonds is 3. The quantitative estimate of drug-likeness (QED) is 0.884. The average Bonchev–Trinajstić information content (AvgIpc) is 2.71. The van der Waals surface area contributed by atoms with E-state index in [9.17, 15) is 9.18 Å². The second-order valence-electron chi connectivity index (χ2n) is 4.22. The number of aliphatic hydroxyl groups is 1. The number of amides is 1. The molecule has 0 spiro atoms. The van der Waals surface area contributed by atoms with Gasteiger partial charge < -0.3 is 10.4 Å². The molecule has 2 N–H and O–H groups in total. The van der Waals surface area contributed by atoms with Crippen molar-refractivity contribution in [2.24, 2.45) is 0 Å². The fourth-order valence-corrected chi connectivity index (χ4v) is 1.61. The summed E-state index contributed by atoms with van der Waals surface area (Å²) in [7, 11) is 0. The van der Waals surface area contributed by atoms with Crippen LogP contribution in [0.1, 0.15) is 12.6 Å². The largest absolute Gasteiger partial charge is 0.384 e. The van der Waals surface area contributed by atoms with Crippen molar-refractivity contribution in [1.29, 1.82) is 0 Å². The molecule has 0 aliphatic carbocycles. The average molecular weight is 263 g/mol. The number of benzene rings is 1. The van der Waals surface area contributed by atoms with E-state index in [2.05, 4.69) is 10.4 Å². The van der Waals surface area contributed by atoms with Crippen molar-refractivity contribution in [3.8, 4) is 5.69 Å². The lowest BCUT2D eigenvalue weighted by Gasteiger charge is -2.04. The first-order valence-corrected chi connectivity index (χ1v) is 5.79.